The van der Waals surface area contributed by atoms with Gasteiger partial charge in [-0.15, -0.1) is 0 Å². The van der Waals surface area contributed by atoms with Crippen molar-refractivity contribution in [1.29, 1.82) is 0 Å². The summed E-state index contributed by atoms with van der Waals surface area (Å²) in [5.41, 5.74) is 1.37. The molecule has 0 unspecified atom stereocenters. The van der Waals surface area contributed by atoms with Crippen molar-refractivity contribution in [2.75, 3.05) is 32.7 Å². The number of rotatable bonds is 5. The fourth-order valence-electron chi connectivity index (χ4n) is 2.31. The molecule has 1 aromatic carbocycles. The van der Waals surface area contributed by atoms with Crippen LogP contribution in [0, 0.1) is 0 Å². The van der Waals surface area contributed by atoms with Crippen LogP contribution in [0.5, 0.6) is 0 Å². The second-order valence-electron chi connectivity index (χ2n) is 4.93. The Labute approximate surface area is 109 Å². The van der Waals surface area contributed by atoms with E-state index in [1.165, 1.54) is 5.56 Å². The number of benzene rings is 1. The van der Waals surface area contributed by atoms with Gasteiger partial charge in [0, 0.05) is 39.1 Å². The lowest BCUT2D eigenvalue weighted by molar-refractivity contribution is -0.120. The zero-order valence-corrected chi connectivity index (χ0v) is 11.1. The number of ketones is 1. The predicted molar refractivity (Wildman–Crippen MR) is 73.5 cm³/mol. The van der Waals surface area contributed by atoms with Crippen molar-refractivity contribution in [2.45, 2.75) is 19.9 Å². The second kappa shape index (κ2) is 6.66. The van der Waals surface area contributed by atoms with Crippen LogP contribution in [-0.4, -0.2) is 48.3 Å². The van der Waals surface area contributed by atoms with E-state index in [9.17, 15) is 4.79 Å². The third-order valence-electron chi connectivity index (χ3n) is 3.51. The summed E-state index contributed by atoms with van der Waals surface area (Å²) in [6, 6.07) is 10.6. The van der Waals surface area contributed by atoms with Gasteiger partial charge in [-0.1, -0.05) is 37.3 Å². The van der Waals surface area contributed by atoms with Crippen molar-refractivity contribution < 1.29 is 4.79 Å². The summed E-state index contributed by atoms with van der Waals surface area (Å²) in [6.45, 7) is 7.75. The smallest absolute Gasteiger partial charge is 0.146 e. The average Bonchev–Trinajstić information content (AvgIpc) is 2.42. The van der Waals surface area contributed by atoms with Crippen LogP contribution < -0.4 is 0 Å². The number of piperazine rings is 1. The molecule has 1 saturated heterocycles. The topological polar surface area (TPSA) is 23.6 Å². The first-order valence-corrected chi connectivity index (χ1v) is 6.78. The molecule has 3 nitrogen and oxygen atoms in total. The van der Waals surface area contributed by atoms with Gasteiger partial charge in [-0.3, -0.25) is 14.6 Å². The minimum Gasteiger partial charge on any atom is -0.298 e. The Morgan fingerprint density at radius 1 is 1.06 bits per heavy atom. The Morgan fingerprint density at radius 3 is 2.28 bits per heavy atom. The number of hydrogen-bond acceptors (Lipinski definition) is 3. The number of hydrogen-bond donors (Lipinski definition) is 0. The highest BCUT2D eigenvalue weighted by Crippen LogP contribution is 2.08. The third kappa shape index (κ3) is 3.93. The Balaban J connectivity index is 1.75. The normalized spacial score (nSPS) is 17.8. The number of Topliss-reactive ketones (excluding diaryl/α,β-unsaturated/α-hetero) is 1. The van der Waals surface area contributed by atoms with E-state index in [1.54, 1.807) is 0 Å². The molecular formula is C15H22N2O. The molecule has 1 aliphatic rings. The Hall–Kier alpha value is -1.19. The van der Waals surface area contributed by atoms with E-state index in [2.05, 4.69) is 40.1 Å². The van der Waals surface area contributed by atoms with Gasteiger partial charge in [0.15, 0.2) is 0 Å². The van der Waals surface area contributed by atoms with Gasteiger partial charge in [0.05, 0.1) is 6.54 Å². The summed E-state index contributed by atoms with van der Waals surface area (Å²) in [6.07, 6.45) is 0.657. The van der Waals surface area contributed by atoms with Crippen molar-refractivity contribution in [1.82, 2.24) is 9.80 Å². The summed E-state index contributed by atoms with van der Waals surface area (Å²) in [5.74, 6) is 0.353. The lowest BCUT2D eigenvalue weighted by atomic mass is 10.2. The van der Waals surface area contributed by atoms with Crippen LogP contribution in [0.25, 0.3) is 0 Å². The average molecular weight is 246 g/mol. The molecule has 1 heterocycles. The van der Waals surface area contributed by atoms with Crippen molar-refractivity contribution >= 4 is 5.78 Å². The molecule has 3 heteroatoms. The van der Waals surface area contributed by atoms with Gasteiger partial charge in [0.1, 0.15) is 5.78 Å². The molecule has 0 spiro atoms. The van der Waals surface area contributed by atoms with Gasteiger partial charge < -0.3 is 0 Å². The summed E-state index contributed by atoms with van der Waals surface area (Å²) >= 11 is 0. The van der Waals surface area contributed by atoms with Gasteiger partial charge in [0.2, 0.25) is 0 Å². The minimum absolute atomic E-state index is 0.353. The highest BCUT2D eigenvalue weighted by atomic mass is 16.1. The predicted octanol–water partition coefficient (Wildman–Crippen LogP) is 1.78. The van der Waals surface area contributed by atoms with Gasteiger partial charge in [-0.25, -0.2) is 0 Å². The number of carbonyl (C=O) groups is 1. The summed E-state index contributed by atoms with van der Waals surface area (Å²) < 4.78 is 0. The van der Waals surface area contributed by atoms with E-state index in [0.717, 1.165) is 32.7 Å². The van der Waals surface area contributed by atoms with Crippen LogP contribution in [0.3, 0.4) is 0 Å². The fraction of sp³-hybridized carbons (Fsp3) is 0.533. The van der Waals surface area contributed by atoms with Crippen molar-refractivity contribution in [3.05, 3.63) is 35.9 Å². The molecule has 1 aliphatic heterocycles. The molecule has 98 valence electrons. The first kappa shape index (κ1) is 13.2. The van der Waals surface area contributed by atoms with E-state index in [-0.39, 0.29) is 0 Å². The lowest BCUT2D eigenvalue weighted by Crippen LogP contribution is -2.47. The highest BCUT2D eigenvalue weighted by Gasteiger charge is 2.18. The van der Waals surface area contributed by atoms with E-state index >= 15 is 0 Å². The van der Waals surface area contributed by atoms with Crippen LogP contribution in [0.2, 0.25) is 0 Å². The maximum Gasteiger partial charge on any atom is 0.146 e. The number of carbonyl (C=O) groups excluding carboxylic acids is 1. The molecule has 1 aromatic rings. The molecule has 18 heavy (non-hydrogen) atoms. The van der Waals surface area contributed by atoms with Crippen LogP contribution >= 0.6 is 0 Å². The van der Waals surface area contributed by atoms with Crippen molar-refractivity contribution in [3.8, 4) is 0 Å². The lowest BCUT2D eigenvalue weighted by Gasteiger charge is -2.34. The molecule has 0 aromatic heterocycles. The zero-order chi connectivity index (χ0) is 12.8. The maximum atomic E-state index is 11.4. The zero-order valence-electron chi connectivity index (χ0n) is 11.1. The standard InChI is InChI=1S/C15H22N2O/c1-2-15(18)13-17-10-8-16(9-11-17)12-14-6-4-3-5-7-14/h3-7H,2,8-13H2,1H3. The van der Waals surface area contributed by atoms with E-state index in [0.29, 0.717) is 18.7 Å². The molecule has 0 amide bonds. The third-order valence-corrected chi connectivity index (χ3v) is 3.51. The fourth-order valence-corrected chi connectivity index (χ4v) is 2.31. The van der Waals surface area contributed by atoms with Crippen LogP contribution in [0.4, 0.5) is 0 Å². The van der Waals surface area contributed by atoms with Gasteiger partial charge in [-0.2, -0.15) is 0 Å². The largest absolute Gasteiger partial charge is 0.298 e. The molecule has 0 radical (unpaired) electrons. The van der Waals surface area contributed by atoms with Crippen LogP contribution in [0.1, 0.15) is 18.9 Å². The minimum atomic E-state index is 0.353. The molecule has 0 aliphatic carbocycles. The first-order valence-electron chi connectivity index (χ1n) is 6.78. The van der Waals surface area contributed by atoms with Crippen molar-refractivity contribution in [2.24, 2.45) is 0 Å². The Bertz CT molecular complexity index is 369. The number of nitrogens with zero attached hydrogens (tertiary/aromatic N) is 2. The second-order valence-corrected chi connectivity index (χ2v) is 4.93. The van der Waals surface area contributed by atoms with E-state index in [1.807, 2.05) is 6.92 Å². The van der Waals surface area contributed by atoms with Gasteiger partial charge in [0.25, 0.3) is 0 Å². The molecule has 0 bridgehead atoms. The molecule has 1 fully saturated rings. The molecular weight excluding hydrogens is 224 g/mol. The van der Waals surface area contributed by atoms with Gasteiger partial charge >= 0.3 is 0 Å². The summed E-state index contributed by atoms with van der Waals surface area (Å²) in [4.78, 5) is 16.1. The Morgan fingerprint density at radius 2 is 1.67 bits per heavy atom. The maximum absolute atomic E-state index is 11.4. The van der Waals surface area contributed by atoms with Crippen molar-refractivity contribution in [3.63, 3.8) is 0 Å². The van der Waals surface area contributed by atoms with E-state index < -0.39 is 0 Å². The SMILES string of the molecule is CCC(=O)CN1CCN(Cc2ccccc2)CC1. The molecule has 0 N–H and O–H groups in total. The quantitative estimate of drug-likeness (QED) is 0.791. The first-order chi connectivity index (χ1) is 8.78. The summed E-state index contributed by atoms with van der Waals surface area (Å²) in [7, 11) is 0. The van der Waals surface area contributed by atoms with Crippen LogP contribution in [-0.2, 0) is 11.3 Å². The van der Waals surface area contributed by atoms with E-state index in [4.69, 9.17) is 0 Å². The highest BCUT2D eigenvalue weighted by molar-refractivity contribution is 5.80. The van der Waals surface area contributed by atoms with Crippen LogP contribution in [0.15, 0.2) is 30.3 Å². The van der Waals surface area contributed by atoms with Gasteiger partial charge in [-0.05, 0) is 5.56 Å². The molecule has 0 saturated carbocycles. The monoisotopic (exact) mass is 246 g/mol. The Kier molecular flexibility index (Phi) is 4.90. The summed E-state index contributed by atoms with van der Waals surface area (Å²) in [5, 5.41) is 0. The molecule has 2 rings (SSSR count). The molecule has 0 atom stereocenters.